The molecule has 2 N–H and O–H groups in total. The molecular formula is C17H24N4O2. The minimum absolute atomic E-state index is 0.0389. The Morgan fingerprint density at radius 2 is 2.04 bits per heavy atom. The summed E-state index contributed by atoms with van der Waals surface area (Å²) in [6.45, 7) is 3.06. The summed E-state index contributed by atoms with van der Waals surface area (Å²) in [5.41, 5.74) is 1.57. The molecule has 0 aliphatic carbocycles. The van der Waals surface area contributed by atoms with E-state index in [1.807, 2.05) is 30.3 Å². The van der Waals surface area contributed by atoms with Crippen LogP contribution in [0.3, 0.4) is 0 Å². The lowest BCUT2D eigenvalue weighted by Gasteiger charge is -2.21. The monoisotopic (exact) mass is 316 g/mol. The van der Waals surface area contributed by atoms with E-state index >= 15 is 0 Å². The van der Waals surface area contributed by atoms with Crippen LogP contribution in [0.2, 0.25) is 0 Å². The van der Waals surface area contributed by atoms with Crippen LogP contribution in [0.4, 0.5) is 10.5 Å². The molecule has 6 heteroatoms. The van der Waals surface area contributed by atoms with Crippen LogP contribution in [0.25, 0.3) is 5.69 Å². The number of aliphatic hydroxyl groups is 1. The van der Waals surface area contributed by atoms with E-state index in [2.05, 4.69) is 17.3 Å². The van der Waals surface area contributed by atoms with Crippen LogP contribution in [-0.4, -0.2) is 45.5 Å². The summed E-state index contributed by atoms with van der Waals surface area (Å²) in [6, 6.07) is 9.50. The van der Waals surface area contributed by atoms with Crippen molar-refractivity contribution in [1.82, 2.24) is 14.7 Å². The zero-order valence-corrected chi connectivity index (χ0v) is 13.5. The number of benzene rings is 1. The molecular weight excluding hydrogens is 292 g/mol. The second-order valence-corrected chi connectivity index (χ2v) is 5.36. The molecule has 1 aromatic heterocycles. The molecule has 0 aliphatic heterocycles. The van der Waals surface area contributed by atoms with Crippen LogP contribution >= 0.6 is 0 Å². The Hall–Kier alpha value is -2.34. The Morgan fingerprint density at radius 3 is 2.74 bits per heavy atom. The third kappa shape index (κ3) is 5.10. The number of carbonyl (C=O) groups is 1. The molecule has 2 aromatic rings. The van der Waals surface area contributed by atoms with Crippen molar-refractivity contribution < 1.29 is 9.90 Å². The Kier molecular flexibility index (Phi) is 6.62. The van der Waals surface area contributed by atoms with E-state index < -0.39 is 0 Å². The average molecular weight is 316 g/mol. The first-order valence-corrected chi connectivity index (χ1v) is 8.01. The van der Waals surface area contributed by atoms with Crippen LogP contribution in [-0.2, 0) is 0 Å². The van der Waals surface area contributed by atoms with Gasteiger partial charge in [0.1, 0.15) is 0 Å². The zero-order chi connectivity index (χ0) is 16.5. The van der Waals surface area contributed by atoms with Crippen LogP contribution in [0.15, 0.2) is 42.7 Å². The highest BCUT2D eigenvalue weighted by molar-refractivity contribution is 5.89. The molecule has 0 aliphatic rings. The predicted octanol–water partition coefficient (Wildman–Crippen LogP) is 2.89. The fourth-order valence-electron chi connectivity index (χ4n) is 2.30. The van der Waals surface area contributed by atoms with Crippen molar-refractivity contribution in [3.63, 3.8) is 0 Å². The molecule has 0 unspecified atom stereocenters. The summed E-state index contributed by atoms with van der Waals surface area (Å²) < 4.78 is 1.71. The van der Waals surface area contributed by atoms with Crippen molar-refractivity contribution >= 4 is 11.7 Å². The fourth-order valence-corrected chi connectivity index (χ4v) is 2.30. The summed E-state index contributed by atoms with van der Waals surface area (Å²) in [4.78, 5) is 13.9. The van der Waals surface area contributed by atoms with Gasteiger partial charge in [0.2, 0.25) is 0 Å². The number of nitrogens with zero attached hydrogens (tertiary/aromatic N) is 3. The maximum Gasteiger partial charge on any atom is 0.322 e. The van der Waals surface area contributed by atoms with Gasteiger partial charge in [0.15, 0.2) is 0 Å². The quantitative estimate of drug-likeness (QED) is 0.736. The number of anilines is 1. The molecule has 124 valence electrons. The van der Waals surface area contributed by atoms with Crippen LogP contribution in [0.1, 0.15) is 26.2 Å². The number of unbranched alkanes of at least 4 members (excludes halogenated alkanes) is 2. The maximum absolute atomic E-state index is 12.3. The zero-order valence-electron chi connectivity index (χ0n) is 13.5. The number of rotatable bonds is 8. The van der Waals surface area contributed by atoms with Crippen LogP contribution in [0.5, 0.6) is 0 Å². The summed E-state index contributed by atoms with van der Waals surface area (Å²) in [5.74, 6) is 0. The Balaban J connectivity index is 1.97. The minimum Gasteiger partial charge on any atom is -0.395 e. The summed E-state index contributed by atoms with van der Waals surface area (Å²) in [6.07, 6.45) is 6.50. The van der Waals surface area contributed by atoms with Gasteiger partial charge in [0, 0.05) is 13.1 Å². The average Bonchev–Trinajstić information content (AvgIpc) is 3.03. The Labute approximate surface area is 136 Å². The van der Waals surface area contributed by atoms with Gasteiger partial charge in [-0.3, -0.25) is 0 Å². The highest BCUT2D eigenvalue weighted by Crippen LogP contribution is 2.12. The van der Waals surface area contributed by atoms with Crippen molar-refractivity contribution in [3.8, 4) is 5.69 Å². The first-order valence-electron chi connectivity index (χ1n) is 8.01. The standard InChI is InChI=1S/C17H24N4O2/c1-2-3-7-10-20(11-12-22)17(23)19-15-13-18-21(14-15)16-8-5-4-6-9-16/h4-6,8-9,13-14,22H,2-3,7,10-12H2,1H3,(H,19,23). The molecule has 23 heavy (non-hydrogen) atoms. The molecule has 1 heterocycles. The van der Waals surface area contributed by atoms with Gasteiger partial charge in [0.05, 0.1) is 30.4 Å². The number of hydrogen-bond acceptors (Lipinski definition) is 3. The number of urea groups is 1. The van der Waals surface area contributed by atoms with Crippen LogP contribution in [0, 0.1) is 0 Å². The van der Waals surface area contributed by atoms with Crippen molar-refractivity contribution in [2.75, 3.05) is 25.0 Å². The summed E-state index contributed by atoms with van der Waals surface area (Å²) in [5, 5.41) is 16.2. The van der Waals surface area contributed by atoms with Gasteiger partial charge in [-0.15, -0.1) is 0 Å². The van der Waals surface area contributed by atoms with Gasteiger partial charge >= 0.3 is 6.03 Å². The van der Waals surface area contributed by atoms with E-state index in [-0.39, 0.29) is 12.6 Å². The van der Waals surface area contributed by atoms with E-state index in [9.17, 15) is 4.79 Å². The first kappa shape index (κ1) is 17.0. The SMILES string of the molecule is CCCCCN(CCO)C(=O)Nc1cnn(-c2ccccc2)c1. The second kappa shape index (κ2) is 8.95. The molecule has 0 bridgehead atoms. The lowest BCUT2D eigenvalue weighted by Crippen LogP contribution is -2.37. The third-order valence-corrected chi connectivity index (χ3v) is 3.54. The van der Waals surface area contributed by atoms with Gasteiger partial charge < -0.3 is 15.3 Å². The summed E-state index contributed by atoms with van der Waals surface area (Å²) >= 11 is 0. The highest BCUT2D eigenvalue weighted by Gasteiger charge is 2.13. The number of amides is 2. The van der Waals surface area contributed by atoms with Gasteiger partial charge in [-0.1, -0.05) is 38.0 Å². The lowest BCUT2D eigenvalue weighted by atomic mass is 10.2. The molecule has 2 amide bonds. The van der Waals surface area contributed by atoms with E-state index in [0.29, 0.717) is 18.8 Å². The Bertz CT molecular complexity index is 598. The largest absolute Gasteiger partial charge is 0.395 e. The number of aromatic nitrogens is 2. The van der Waals surface area contributed by atoms with Crippen molar-refractivity contribution in [1.29, 1.82) is 0 Å². The van der Waals surface area contributed by atoms with Crippen molar-refractivity contribution in [3.05, 3.63) is 42.7 Å². The summed E-state index contributed by atoms with van der Waals surface area (Å²) in [7, 11) is 0. The van der Waals surface area contributed by atoms with Gasteiger partial charge in [-0.2, -0.15) is 5.10 Å². The molecule has 0 saturated carbocycles. The van der Waals surface area contributed by atoms with E-state index in [4.69, 9.17) is 5.11 Å². The fraction of sp³-hybridized carbons (Fsp3) is 0.412. The molecule has 0 fully saturated rings. The molecule has 2 rings (SSSR count). The van der Waals surface area contributed by atoms with Gasteiger partial charge in [0.25, 0.3) is 0 Å². The molecule has 0 atom stereocenters. The number of carbonyl (C=O) groups excluding carboxylic acids is 1. The Morgan fingerprint density at radius 1 is 1.26 bits per heavy atom. The van der Waals surface area contributed by atoms with Crippen LogP contribution < -0.4 is 5.32 Å². The number of nitrogens with one attached hydrogen (secondary N) is 1. The molecule has 6 nitrogen and oxygen atoms in total. The minimum atomic E-state index is -0.206. The van der Waals surface area contributed by atoms with Gasteiger partial charge in [-0.25, -0.2) is 9.48 Å². The van der Waals surface area contributed by atoms with E-state index in [1.165, 1.54) is 0 Å². The third-order valence-electron chi connectivity index (χ3n) is 3.54. The number of para-hydroxylation sites is 1. The van der Waals surface area contributed by atoms with Crippen molar-refractivity contribution in [2.24, 2.45) is 0 Å². The van der Waals surface area contributed by atoms with E-state index in [1.54, 1.807) is 22.0 Å². The smallest absolute Gasteiger partial charge is 0.322 e. The first-order chi connectivity index (χ1) is 11.2. The highest BCUT2D eigenvalue weighted by atomic mass is 16.3. The molecule has 1 aromatic carbocycles. The predicted molar refractivity (Wildman–Crippen MR) is 90.8 cm³/mol. The molecule has 0 saturated heterocycles. The normalized spacial score (nSPS) is 10.5. The molecule has 0 spiro atoms. The van der Waals surface area contributed by atoms with E-state index in [0.717, 1.165) is 24.9 Å². The second-order valence-electron chi connectivity index (χ2n) is 5.36. The van der Waals surface area contributed by atoms with Crippen molar-refractivity contribution in [2.45, 2.75) is 26.2 Å². The number of hydrogen-bond donors (Lipinski definition) is 2. The van der Waals surface area contributed by atoms with Gasteiger partial charge in [-0.05, 0) is 18.6 Å². The molecule has 0 radical (unpaired) electrons. The topological polar surface area (TPSA) is 70.4 Å². The maximum atomic E-state index is 12.3. The lowest BCUT2D eigenvalue weighted by molar-refractivity contribution is 0.187. The number of aliphatic hydroxyl groups excluding tert-OH is 1.